The SMILES string of the molecule is CCCN(CC(C)(C)CN)C(=O)Cn1cnnn1. The molecule has 0 bridgehead atoms. The Morgan fingerprint density at radius 3 is 2.72 bits per heavy atom. The zero-order valence-corrected chi connectivity index (χ0v) is 11.3. The number of rotatable bonds is 7. The van der Waals surface area contributed by atoms with E-state index in [1.54, 1.807) is 0 Å². The summed E-state index contributed by atoms with van der Waals surface area (Å²) in [6.07, 6.45) is 2.36. The fourth-order valence-electron chi connectivity index (χ4n) is 1.63. The van der Waals surface area contributed by atoms with Crippen LogP contribution in [0, 0.1) is 5.41 Å². The Kier molecular flexibility index (Phi) is 5.21. The number of amides is 1. The fourth-order valence-corrected chi connectivity index (χ4v) is 1.63. The van der Waals surface area contributed by atoms with Gasteiger partial charge in [0.15, 0.2) is 0 Å². The molecule has 0 aliphatic carbocycles. The molecule has 0 atom stereocenters. The monoisotopic (exact) mass is 254 g/mol. The highest BCUT2D eigenvalue weighted by Crippen LogP contribution is 2.15. The van der Waals surface area contributed by atoms with Crippen molar-refractivity contribution >= 4 is 5.91 Å². The van der Waals surface area contributed by atoms with Gasteiger partial charge >= 0.3 is 0 Å². The fraction of sp³-hybridized carbons (Fsp3) is 0.818. The first-order valence-electron chi connectivity index (χ1n) is 6.17. The second-order valence-electron chi connectivity index (χ2n) is 5.19. The molecule has 1 aromatic heterocycles. The van der Waals surface area contributed by atoms with Crippen molar-refractivity contribution in [3.8, 4) is 0 Å². The van der Waals surface area contributed by atoms with E-state index in [0.29, 0.717) is 13.1 Å². The minimum absolute atomic E-state index is 0.0191. The summed E-state index contributed by atoms with van der Waals surface area (Å²) in [5.41, 5.74) is 5.63. The maximum absolute atomic E-state index is 12.2. The molecule has 1 rings (SSSR count). The predicted octanol–water partition coefficient (Wildman–Crippen LogP) is -0.103. The second kappa shape index (κ2) is 6.44. The summed E-state index contributed by atoms with van der Waals surface area (Å²) in [6.45, 7) is 8.26. The van der Waals surface area contributed by atoms with Crippen molar-refractivity contribution in [3.05, 3.63) is 6.33 Å². The summed E-state index contributed by atoms with van der Waals surface area (Å²) in [4.78, 5) is 14.0. The number of nitrogens with two attached hydrogens (primary N) is 1. The molecule has 7 nitrogen and oxygen atoms in total. The second-order valence-corrected chi connectivity index (χ2v) is 5.19. The van der Waals surface area contributed by atoms with Crippen molar-refractivity contribution in [2.45, 2.75) is 33.7 Å². The molecule has 1 amide bonds. The topological polar surface area (TPSA) is 89.9 Å². The van der Waals surface area contributed by atoms with Crippen LogP contribution in [-0.4, -0.2) is 50.6 Å². The van der Waals surface area contributed by atoms with Gasteiger partial charge in [-0.15, -0.1) is 5.10 Å². The highest BCUT2D eigenvalue weighted by molar-refractivity contribution is 5.75. The Balaban J connectivity index is 2.63. The molecule has 0 saturated carbocycles. The molecular formula is C11H22N6O. The summed E-state index contributed by atoms with van der Waals surface area (Å²) in [7, 11) is 0. The Bertz CT molecular complexity index is 362. The quantitative estimate of drug-likeness (QED) is 0.733. The van der Waals surface area contributed by atoms with Gasteiger partial charge < -0.3 is 10.6 Å². The van der Waals surface area contributed by atoms with Gasteiger partial charge in [-0.1, -0.05) is 20.8 Å². The number of tetrazole rings is 1. The highest BCUT2D eigenvalue weighted by atomic mass is 16.2. The highest BCUT2D eigenvalue weighted by Gasteiger charge is 2.23. The molecule has 0 radical (unpaired) electrons. The molecule has 1 heterocycles. The lowest BCUT2D eigenvalue weighted by Crippen LogP contribution is -2.43. The van der Waals surface area contributed by atoms with Crippen LogP contribution >= 0.6 is 0 Å². The van der Waals surface area contributed by atoms with Crippen LogP contribution in [0.4, 0.5) is 0 Å². The number of carbonyl (C=O) groups excluding carboxylic acids is 1. The molecule has 0 aliphatic heterocycles. The lowest BCUT2D eigenvalue weighted by atomic mass is 9.93. The number of aromatic nitrogens is 4. The maximum atomic E-state index is 12.2. The van der Waals surface area contributed by atoms with Crippen molar-refractivity contribution in [1.82, 2.24) is 25.1 Å². The van der Waals surface area contributed by atoms with Gasteiger partial charge in [0.05, 0.1) is 0 Å². The van der Waals surface area contributed by atoms with Gasteiger partial charge in [0, 0.05) is 13.1 Å². The summed E-state index contributed by atoms with van der Waals surface area (Å²) < 4.78 is 1.43. The van der Waals surface area contributed by atoms with Crippen molar-refractivity contribution < 1.29 is 4.79 Å². The minimum Gasteiger partial charge on any atom is -0.341 e. The van der Waals surface area contributed by atoms with Gasteiger partial charge in [-0.2, -0.15) is 0 Å². The summed E-state index contributed by atoms with van der Waals surface area (Å²) in [5.74, 6) is 0.0191. The Morgan fingerprint density at radius 1 is 1.50 bits per heavy atom. The molecule has 0 fully saturated rings. The Morgan fingerprint density at radius 2 is 2.22 bits per heavy atom. The molecule has 0 saturated heterocycles. The summed E-state index contributed by atoms with van der Waals surface area (Å²) in [6, 6.07) is 0. The molecule has 0 unspecified atom stereocenters. The Labute approximate surface area is 107 Å². The lowest BCUT2D eigenvalue weighted by molar-refractivity contribution is -0.133. The zero-order valence-electron chi connectivity index (χ0n) is 11.3. The van der Waals surface area contributed by atoms with Gasteiger partial charge in [-0.3, -0.25) is 4.79 Å². The van der Waals surface area contributed by atoms with Crippen LogP contribution in [0.2, 0.25) is 0 Å². The van der Waals surface area contributed by atoms with Gasteiger partial charge in [0.1, 0.15) is 12.9 Å². The van der Waals surface area contributed by atoms with Crippen molar-refractivity contribution in [1.29, 1.82) is 0 Å². The van der Waals surface area contributed by atoms with Crippen molar-refractivity contribution in [2.75, 3.05) is 19.6 Å². The maximum Gasteiger partial charge on any atom is 0.244 e. The largest absolute Gasteiger partial charge is 0.341 e. The third kappa shape index (κ3) is 4.40. The third-order valence-electron chi connectivity index (χ3n) is 2.71. The lowest BCUT2D eigenvalue weighted by Gasteiger charge is -2.31. The van der Waals surface area contributed by atoms with Gasteiger partial charge in [0.2, 0.25) is 5.91 Å². The first-order chi connectivity index (χ1) is 8.48. The number of hydrogen-bond donors (Lipinski definition) is 1. The number of hydrogen-bond acceptors (Lipinski definition) is 5. The molecule has 2 N–H and O–H groups in total. The number of nitrogens with zero attached hydrogens (tertiary/aromatic N) is 5. The van der Waals surface area contributed by atoms with Crippen LogP contribution in [0.1, 0.15) is 27.2 Å². The number of carbonyl (C=O) groups is 1. The van der Waals surface area contributed by atoms with E-state index in [1.165, 1.54) is 11.0 Å². The third-order valence-corrected chi connectivity index (χ3v) is 2.71. The van der Waals surface area contributed by atoms with E-state index in [2.05, 4.69) is 29.4 Å². The molecule has 7 heteroatoms. The molecule has 18 heavy (non-hydrogen) atoms. The molecule has 0 aliphatic rings. The normalized spacial score (nSPS) is 11.6. The molecule has 102 valence electrons. The van der Waals surface area contributed by atoms with E-state index >= 15 is 0 Å². The molecule has 1 aromatic rings. The van der Waals surface area contributed by atoms with Crippen LogP contribution in [0.15, 0.2) is 6.33 Å². The van der Waals surface area contributed by atoms with Gasteiger partial charge in [-0.25, -0.2) is 4.68 Å². The molecule has 0 aromatic carbocycles. The van der Waals surface area contributed by atoms with Gasteiger partial charge in [-0.05, 0) is 28.8 Å². The minimum atomic E-state index is -0.0779. The molecule has 0 spiro atoms. The first-order valence-corrected chi connectivity index (χ1v) is 6.17. The van der Waals surface area contributed by atoms with Crippen molar-refractivity contribution in [2.24, 2.45) is 11.1 Å². The first kappa shape index (κ1) is 14.6. The van der Waals surface area contributed by atoms with Crippen molar-refractivity contribution in [3.63, 3.8) is 0 Å². The van der Waals surface area contributed by atoms with E-state index in [9.17, 15) is 4.79 Å². The zero-order chi connectivity index (χ0) is 13.6. The van der Waals surface area contributed by atoms with Gasteiger partial charge in [0.25, 0.3) is 0 Å². The smallest absolute Gasteiger partial charge is 0.244 e. The van der Waals surface area contributed by atoms with E-state index in [1.807, 2.05) is 11.8 Å². The van der Waals surface area contributed by atoms with Crippen LogP contribution in [0.3, 0.4) is 0 Å². The summed E-state index contributed by atoms with van der Waals surface area (Å²) >= 11 is 0. The average Bonchev–Trinajstić information content (AvgIpc) is 2.81. The van der Waals surface area contributed by atoms with Crippen LogP contribution in [0.5, 0.6) is 0 Å². The standard InChI is InChI=1S/C11H22N6O/c1-4-5-16(8-11(2,3)7-12)10(18)6-17-9-13-14-15-17/h9H,4-8,12H2,1-3H3. The van der Waals surface area contributed by atoms with E-state index in [4.69, 9.17) is 5.73 Å². The molecular weight excluding hydrogens is 232 g/mol. The van der Waals surface area contributed by atoms with Crippen LogP contribution in [0.25, 0.3) is 0 Å². The summed E-state index contributed by atoms with van der Waals surface area (Å²) in [5, 5.41) is 10.7. The van der Waals surface area contributed by atoms with Crippen LogP contribution in [-0.2, 0) is 11.3 Å². The van der Waals surface area contributed by atoms with E-state index in [-0.39, 0.29) is 17.9 Å². The Hall–Kier alpha value is -1.50. The van der Waals surface area contributed by atoms with Crippen LogP contribution < -0.4 is 5.73 Å². The van der Waals surface area contributed by atoms with E-state index < -0.39 is 0 Å². The van der Waals surface area contributed by atoms with E-state index in [0.717, 1.165) is 13.0 Å². The predicted molar refractivity (Wildman–Crippen MR) is 67.5 cm³/mol. The average molecular weight is 254 g/mol.